The summed E-state index contributed by atoms with van der Waals surface area (Å²) in [6.07, 6.45) is 0.340. The van der Waals surface area contributed by atoms with Crippen LogP contribution >= 0.6 is 0 Å². The van der Waals surface area contributed by atoms with Gasteiger partial charge in [0.2, 0.25) is 21.8 Å². The molecule has 19 heavy (non-hydrogen) atoms. The van der Waals surface area contributed by atoms with E-state index in [1.165, 1.54) is 32.3 Å². The maximum absolute atomic E-state index is 12.0. The number of anilines is 1. The molecule has 102 valence electrons. The Morgan fingerprint density at radius 3 is 2.21 bits per heavy atom. The molecule has 1 saturated heterocycles. The highest BCUT2D eigenvalue weighted by molar-refractivity contribution is 7.89. The molecule has 0 unspecified atom stereocenters. The van der Waals surface area contributed by atoms with Gasteiger partial charge in [0.05, 0.1) is 10.6 Å². The fraction of sp³-hybridized carbons (Fsp3) is 0.333. The van der Waals surface area contributed by atoms with Crippen molar-refractivity contribution in [2.24, 2.45) is 0 Å². The number of rotatable bonds is 3. The van der Waals surface area contributed by atoms with Crippen LogP contribution < -0.4 is 4.90 Å². The summed E-state index contributed by atoms with van der Waals surface area (Å²) >= 11 is 0. The fourth-order valence-electron chi connectivity index (χ4n) is 1.86. The molecule has 0 radical (unpaired) electrons. The lowest BCUT2D eigenvalue weighted by Gasteiger charge is -2.16. The molecular formula is C12H14N2O4S. The van der Waals surface area contributed by atoms with Gasteiger partial charge in [0.1, 0.15) is 0 Å². The molecule has 2 amide bonds. The molecule has 0 atom stereocenters. The summed E-state index contributed by atoms with van der Waals surface area (Å²) < 4.78 is 25.1. The van der Waals surface area contributed by atoms with E-state index in [-0.39, 0.29) is 29.6 Å². The normalized spacial score (nSPS) is 16.5. The van der Waals surface area contributed by atoms with Crippen LogP contribution in [0.4, 0.5) is 5.69 Å². The minimum absolute atomic E-state index is 0.0579. The Bertz CT molecular complexity index is 621. The molecule has 1 fully saturated rings. The maximum Gasteiger partial charge on any atom is 0.242 e. The second kappa shape index (κ2) is 4.75. The van der Waals surface area contributed by atoms with Gasteiger partial charge in [-0.15, -0.1) is 0 Å². The number of nitrogens with zero attached hydrogens (tertiary/aromatic N) is 2. The van der Waals surface area contributed by atoms with E-state index in [0.717, 1.165) is 9.21 Å². The topological polar surface area (TPSA) is 74.8 Å². The van der Waals surface area contributed by atoms with Crippen molar-refractivity contribution in [2.45, 2.75) is 17.7 Å². The second-order valence-electron chi connectivity index (χ2n) is 4.41. The smallest absolute Gasteiger partial charge is 0.242 e. The first-order valence-electron chi connectivity index (χ1n) is 5.72. The van der Waals surface area contributed by atoms with Crippen LogP contribution in [0.15, 0.2) is 29.2 Å². The van der Waals surface area contributed by atoms with Crippen molar-refractivity contribution in [3.8, 4) is 0 Å². The van der Waals surface area contributed by atoms with Crippen molar-refractivity contribution in [1.82, 2.24) is 4.31 Å². The van der Waals surface area contributed by atoms with Crippen LogP contribution in [-0.4, -0.2) is 38.6 Å². The number of imide groups is 1. The average molecular weight is 282 g/mol. The summed E-state index contributed by atoms with van der Waals surface area (Å²) in [5.74, 6) is -0.603. The van der Waals surface area contributed by atoms with Gasteiger partial charge < -0.3 is 0 Å². The van der Waals surface area contributed by atoms with Gasteiger partial charge in [-0.3, -0.25) is 14.5 Å². The molecule has 0 saturated carbocycles. The van der Waals surface area contributed by atoms with E-state index in [1.54, 1.807) is 6.07 Å². The number of carbonyl (C=O) groups excluding carboxylic acids is 2. The first kappa shape index (κ1) is 13.7. The lowest BCUT2D eigenvalue weighted by Crippen LogP contribution is -2.29. The Morgan fingerprint density at radius 1 is 1.11 bits per heavy atom. The molecule has 0 aromatic heterocycles. The van der Waals surface area contributed by atoms with E-state index in [4.69, 9.17) is 0 Å². The third kappa shape index (κ3) is 2.39. The van der Waals surface area contributed by atoms with Crippen LogP contribution in [-0.2, 0) is 19.6 Å². The molecule has 0 spiro atoms. The zero-order chi connectivity index (χ0) is 14.2. The second-order valence-corrected chi connectivity index (χ2v) is 6.56. The Hall–Kier alpha value is -1.73. The monoisotopic (exact) mass is 282 g/mol. The summed E-state index contributed by atoms with van der Waals surface area (Å²) in [6, 6.07) is 5.85. The highest BCUT2D eigenvalue weighted by Gasteiger charge is 2.31. The molecule has 6 nitrogen and oxygen atoms in total. The maximum atomic E-state index is 12.0. The van der Waals surface area contributed by atoms with Crippen molar-refractivity contribution in [2.75, 3.05) is 19.0 Å². The van der Waals surface area contributed by atoms with Crippen LogP contribution in [0.25, 0.3) is 0 Å². The van der Waals surface area contributed by atoms with Crippen LogP contribution in [0.1, 0.15) is 12.8 Å². The third-order valence-corrected chi connectivity index (χ3v) is 4.72. The summed E-state index contributed by atoms with van der Waals surface area (Å²) in [5.41, 5.74) is 0.301. The highest BCUT2D eigenvalue weighted by atomic mass is 32.2. The van der Waals surface area contributed by atoms with Gasteiger partial charge in [0.15, 0.2) is 0 Å². The standard InChI is InChI=1S/C12H14N2O4S/c1-13(2)19(17,18)10-5-3-4-9(8-10)14-11(15)6-7-12(14)16/h3-5,8H,6-7H2,1-2H3. The molecule has 1 aromatic carbocycles. The fourth-order valence-corrected chi connectivity index (χ4v) is 2.80. The van der Waals surface area contributed by atoms with E-state index in [1.807, 2.05) is 0 Å². The molecule has 0 bridgehead atoms. The molecule has 1 aromatic rings. The van der Waals surface area contributed by atoms with Crippen molar-refractivity contribution >= 4 is 27.5 Å². The summed E-state index contributed by atoms with van der Waals surface area (Å²) in [5, 5.41) is 0. The molecule has 1 heterocycles. The minimum atomic E-state index is -3.58. The van der Waals surface area contributed by atoms with Crippen molar-refractivity contribution in [3.63, 3.8) is 0 Å². The first-order chi connectivity index (χ1) is 8.84. The van der Waals surface area contributed by atoms with E-state index < -0.39 is 10.0 Å². The molecule has 1 aliphatic heterocycles. The van der Waals surface area contributed by atoms with Crippen LogP contribution in [0.5, 0.6) is 0 Å². The zero-order valence-electron chi connectivity index (χ0n) is 10.7. The average Bonchev–Trinajstić information content (AvgIpc) is 2.69. The predicted octanol–water partition coefficient (Wildman–Crippen LogP) is 0.590. The van der Waals surface area contributed by atoms with E-state index in [9.17, 15) is 18.0 Å². The van der Waals surface area contributed by atoms with Gasteiger partial charge in [0, 0.05) is 26.9 Å². The molecule has 0 aliphatic carbocycles. The van der Waals surface area contributed by atoms with E-state index in [0.29, 0.717) is 5.69 Å². The van der Waals surface area contributed by atoms with Crippen molar-refractivity contribution in [1.29, 1.82) is 0 Å². The Labute approximate surface area is 111 Å². The van der Waals surface area contributed by atoms with Crippen molar-refractivity contribution < 1.29 is 18.0 Å². The Balaban J connectivity index is 2.46. The lowest BCUT2D eigenvalue weighted by atomic mass is 10.3. The molecule has 1 aliphatic rings. The Morgan fingerprint density at radius 2 is 1.68 bits per heavy atom. The van der Waals surface area contributed by atoms with Crippen LogP contribution in [0, 0.1) is 0 Å². The number of hydrogen-bond acceptors (Lipinski definition) is 4. The summed E-state index contributed by atoms with van der Waals surface area (Å²) in [4.78, 5) is 24.3. The van der Waals surface area contributed by atoms with Gasteiger partial charge in [-0.1, -0.05) is 6.07 Å². The first-order valence-corrected chi connectivity index (χ1v) is 7.16. The highest BCUT2D eigenvalue weighted by Crippen LogP contribution is 2.25. The number of amides is 2. The zero-order valence-corrected chi connectivity index (χ0v) is 11.5. The molecule has 2 rings (SSSR count). The van der Waals surface area contributed by atoms with E-state index in [2.05, 4.69) is 0 Å². The van der Waals surface area contributed by atoms with Crippen LogP contribution in [0.2, 0.25) is 0 Å². The van der Waals surface area contributed by atoms with Crippen LogP contribution in [0.3, 0.4) is 0 Å². The predicted molar refractivity (Wildman–Crippen MR) is 69.0 cm³/mol. The molecule has 0 N–H and O–H groups in total. The number of benzene rings is 1. The molecule has 7 heteroatoms. The third-order valence-electron chi connectivity index (χ3n) is 2.91. The molecular weight excluding hydrogens is 268 g/mol. The largest absolute Gasteiger partial charge is 0.274 e. The quantitative estimate of drug-likeness (QED) is 0.760. The SMILES string of the molecule is CN(C)S(=O)(=O)c1cccc(N2C(=O)CCC2=O)c1. The summed E-state index contributed by atoms with van der Waals surface area (Å²) in [6.45, 7) is 0. The lowest BCUT2D eigenvalue weighted by molar-refractivity contribution is -0.121. The minimum Gasteiger partial charge on any atom is -0.274 e. The van der Waals surface area contributed by atoms with Gasteiger partial charge in [-0.25, -0.2) is 12.7 Å². The van der Waals surface area contributed by atoms with Gasteiger partial charge in [-0.05, 0) is 18.2 Å². The van der Waals surface area contributed by atoms with Gasteiger partial charge >= 0.3 is 0 Å². The number of carbonyl (C=O) groups is 2. The number of hydrogen-bond donors (Lipinski definition) is 0. The van der Waals surface area contributed by atoms with Gasteiger partial charge in [0.25, 0.3) is 0 Å². The van der Waals surface area contributed by atoms with Gasteiger partial charge in [-0.2, -0.15) is 0 Å². The number of sulfonamides is 1. The van der Waals surface area contributed by atoms with Crippen molar-refractivity contribution in [3.05, 3.63) is 24.3 Å². The van der Waals surface area contributed by atoms with E-state index >= 15 is 0 Å². The summed E-state index contributed by atoms with van der Waals surface area (Å²) in [7, 11) is -0.730. The Kier molecular flexibility index (Phi) is 3.42.